The van der Waals surface area contributed by atoms with Gasteiger partial charge < -0.3 is 9.73 Å². The standard InChI is InChI=1S/C15H7Cl4N3O2/c16-8-4-11(19)13(20-5-8)22-14(23)12-6-24-15(21-12)7-1-2-9(17)10(18)3-7/h1-6H,(H,20,22,23). The number of aromatic nitrogens is 2. The average Bonchev–Trinajstić information content (AvgIpc) is 3.03. The number of pyridine rings is 1. The van der Waals surface area contributed by atoms with E-state index in [9.17, 15) is 4.79 Å². The number of halogens is 4. The Bertz CT molecular complexity index is 927. The van der Waals surface area contributed by atoms with Crippen LogP contribution in [0.15, 0.2) is 41.1 Å². The van der Waals surface area contributed by atoms with Gasteiger partial charge in [-0.2, -0.15) is 0 Å². The lowest BCUT2D eigenvalue weighted by Gasteiger charge is -2.04. The van der Waals surface area contributed by atoms with Crippen molar-refractivity contribution < 1.29 is 9.21 Å². The second kappa shape index (κ2) is 6.99. The predicted octanol–water partition coefficient (Wildman–Crippen LogP) is 5.60. The normalized spacial score (nSPS) is 10.7. The average molecular weight is 403 g/mol. The second-order valence-corrected chi connectivity index (χ2v) is 6.26. The number of hydrogen-bond acceptors (Lipinski definition) is 4. The Morgan fingerprint density at radius 3 is 2.54 bits per heavy atom. The van der Waals surface area contributed by atoms with Gasteiger partial charge in [-0.3, -0.25) is 4.79 Å². The fraction of sp³-hybridized carbons (Fsp3) is 0. The minimum atomic E-state index is -0.526. The van der Waals surface area contributed by atoms with E-state index in [4.69, 9.17) is 50.8 Å². The quantitative estimate of drug-likeness (QED) is 0.618. The summed E-state index contributed by atoms with van der Waals surface area (Å²) in [6.45, 7) is 0. The zero-order valence-corrected chi connectivity index (χ0v) is 14.7. The van der Waals surface area contributed by atoms with Crippen LogP contribution in [-0.2, 0) is 0 Å². The molecule has 2 heterocycles. The van der Waals surface area contributed by atoms with Gasteiger partial charge in [0.05, 0.1) is 20.1 Å². The smallest absolute Gasteiger partial charge is 0.278 e. The van der Waals surface area contributed by atoms with Crippen molar-refractivity contribution in [1.82, 2.24) is 9.97 Å². The second-order valence-electron chi connectivity index (χ2n) is 4.60. The molecule has 2 aromatic heterocycles. The molecule has 0 aliphatic heterocycles. The first-order valence-corrected chi connectivity index (χ1v) is 7.98. The zero-order chi connectivity index (χ0) is 17.3. The molecule has 0 saturated carbocycles. The summed E-state index contributed by atoms with van der Waals surface area (Å²) in [5.41, 5.74) is 0.648. The minimum absolute atomic E-state index is 0.0592. The van der Waals surface area contributed by atoms with Gasteiger partial charge in [0, 0.05) is 11.8 Å². The van der Waals surface area contributed by atoms with Crippen molar-refractivity contribution in [2.45, 2.75) is 0 Å². The summed E-state index contributed by atoms with van der Waals surface area (Å²) < 4.78 is 5.31. The van der Waals surface area contributed by atoms with E-state index in [1.165, 1.54) is 18.5 Å². The van der Waals surface area contributed by atoms with Crippen molar-refractivity contribution in [3.8, 4) is 11.5 Å². The highest BCUT2D eigenvalue weighted by atomic mass is 35.5. The molecule has 0 bridgehead atoms. The third-order valence-corrected chi connectivity index (χ3v) is 4.18. The van der Waals surface area contributed by atoms with Gasteiger partial charge in [0.2, 0.25) is 5.89 Å². The van der Waals surface area contributed by atoms with Gasteiger partial charge in [-0.1, -0.05) is 46.4 Å². The third-order valence-electron chi connectivity index (χ3n) is 2.94. The van der Waals surface area contributed by atoms with Crippen molar-refractivity contribution >= 4 is 58.1 Å². The molecule has 0 saturated heterocycles. The van der Waals surface area contributed by atoms with Crippen LogP contribution in [0.1, 0.15) is 10.5 Å². The van der Waals surface area contributed by atoms with Gasteiger partial charge in [-0.05, 0) is 24.3 Å². The third kappa shape index (κ3) is 3.65. The van der Waals surface area contributed by atoms with Gasteiger partial charge >= 0.3 is 0 Å². The van der Waals surface area contributed by atoms with Gasteiger partial charge in [-0.15, -0.1) is 0 Å². The van der Waals surface area contributed by atoms with E-state index in [1.54, 1.807) is 18.2 Å². The van der Waals surface area contributed by atoms with Crippen LogP contribution in [0.3, 0.4) is 0 Å². The molecule has 3 aromatic rings. The van der Waals surface area contributed by atoms with Crippen molar-refractivity contribution in [3.63, 3.8) is 0 Å². The van der Waals surface area contributed by atoms with Crippen LogP contribution in [0.5, 0.6) is 0 Å². The first kappa shape index (κ1) is 17.0. The fourth-order valence-electron chi connectivity index (χ4n) is 1.82. The number of rotatable bonds is 3. The highest BCUT2D eigenvalue weighted by molar-refractivity contribution is 6.42. The van der Waals surface area contributed by atoms with Crippen LogP contribution in [0, 0.1) is 0 Å². The topological polar surface area (TPSA) is 68.0 Å². The molecule has 1 amide bonds. The largest absolute Gasteiger partial charge is 0.444 e. The number of hydrogen-bond donors (Lipinski definition) is 1. The Balaban J connectivity index is 1.82. The number of carbonyl (C=O) groups excluding carboxylic acids is 1. The number of benzene rings is 1. The number of nitrogens with one attached hydrogen (secondary N) is 1. The Morgan fingerprint density at radius 1 is 1.04 bits per heavy atom. The fourth-order valence-corrected chi connectivity index (χ4v) is 2.54. The van der Waals surface area contributed by atoms with Crippen molar-refractivity contribution in [2.75, 3.05) is 5.32 Å². The molecular weight excluding hydrogens is 396 g/mol. The van der Waals surface area contributed by atoms with Gasteiger partial charge in [-0.25, -0.2) is 9.97 Å². The molecule has 0 fully saturated rings. The van der Waals surface area contributed by atoms with E-state index in [-0.39, 0.29) is 22.4 Å². The van der Waals surface area contributed by atoms with E-state index in [2.05, 4.69) is 15.3 Å². The molecule has 9 heteroatoms. The first-order valence-electron chi connectivity index (χ1n) is 6.47. The summed E-state index contributed by atoms with van der Waals surface area (Å²) in [5.74, 6) is -0.124. The van der Waals surface area contributed by atoms with Crippen LogP contribution in [0.2, 0.25) is 20.1 Å². The van der Waals surface area contributed by atoms with Gasteiger partial charge in [0.1, 0.15) is 6.26 Å². The molecular formula is C15H7Cl4N3O2. The van der Waals surface area contributed by atoms with E-state index < -0.39 is 5.91 Å². The first-order chi connectivity index (χ1) is 11.4. The van der Waals surface area contributed by atoms with E-state index in [0.29, 0.717) is 20.6 Å². The molecule has 0 atom stereocenters. The molecule has 1 N–H and O–H groups in total. The lowest BCUT2D eigenvalue weighted by molar-refractivity contribution is 0.102. The summed E-state index contributed by atoms with van der Waals surface area (Å²) in [7, 11) is 0. The zero-order valence-electron chi connectivity index (χ0n) is 11.7. The summed E-state index contributed by atoms with van der Waals surface area (Å²) in [6.07, 6.45) is 2.59. The monoisotopic (exact) mass is 401 g/mol. The molecule has 0 aliphatic rings. The predicted molar refractivity (Wildman–Crippen MR) is 94.2 cm³/mol. The lowest BCUT2D eigenvalue weighted by atomic mass is 10.2. The van der Waals surface area contributed by atoms with Crippen LogP contribution in [0.4, 0.5) is 5.82 Å². The van der Waals surface area contributed by atoms with Crippen LogP contribution in [-0.4, -0.2) is 15.9 Å². The molecule has 5 nitrogen and oxygen atoms in total. The summed E-state index contributed by atoms with van der Waals surface area (Å²) >= 11 is 23.5. The maximum absolute atomic E-state index is 12.2. The summed E-state index contributed by atoms with van der Waals surface area (Å²) in [4.78, 5) is 20.3. The highest BCUT2D eigenvalue weighted by Crippen LogP contribution is 2.28. The number of carbonyl (C=O) groups is 1. The van der Waals surface area contributed by atoms with Gasteiger partial charge in [0.15, 0.2) is 11.5 Å². The van der Waals surface area contributed by atoms with E-state index in [1.807, 2.05) is 0 Å². The highest BCUT2D eigenvalue weighted by Gasteiger charge is 2.16. The number of nitrogens with zero attached hydrogens (tertiary/aromatic N) is 2. The molecule has 24 heavy (non-hydrogen) atoms. The van der Waals surface area contributed by atoms with Crippen LogP contribution < -0.4 is 5.32 Å². The Kier molecular flexibility index (Phi) is 4.96. The molecule has 0 radical (unpaired) electrons. The Morgan fingerprint density at radius 2 is 1.83 bits per heavy atom. The van der Waals surface area contributed by atoms with E-state index >= 15 is 0 Å². The van der Waals surface area contributed by atoms with Gasteiger partial charge in [0.25, 0.3) is 5.91 Å². The summed E-state index contributed by atoms with van der Waals surface area (Å²) in [6, 6.07) is 6.35. The summed E-state index contributed by atoms with van der Waals surface area (Å²) in [5, 5.41) is 3.87. The number of oxazole rings is 1. The molecule has 0 spiro atoms. The SMILES string of the molecule is O=C(Nc1ncc(Cl)cc1Cl)c1coc(-c2ccc(Cl)c(Cl)c2)n1. The number of amides is 1. The molecule has 1 aromatic carbocycles. The Hall–Kier alpha value is -1.79. The maximum Gasteiger partial charge on any atom is 0.278 e. The van der Waals surface area contributed by atoms with Crippen LogP contribution >= 0.6 is 46.4 Å². The van der Waals surface area contributed by atoms with E-state index in [0.717, 1.165) is 0 Å². The Labute approximate surface area is 156 Å². The lowest BCUT2D eigenvalue weighted by Crippen LogP contribution is -2.13. The molecule has 0 unspecified atom stereocenters. The molecule has 122 valence electrons. The van der Waals surface area contributed by atoms with Crippen molar-refractivity contribution in [3.05, 3.63) is 62.5 Å². The minimum Gasteiger partial charge on any atom is -0.444 e. The van der Waals surface area contributed by atoms with Crippen molar-refractivity contribution in [2.24, 2.45) is 0 Å². The maximum atomic E-state index is 12.2. The molecule has 3 rings (SSSR count). The molecule has 0 aliphatic carbocycles. The van der Waals surface area contributed by atoms with Crippen LogP contribution in [0.25, 0.3) is 11.5 Å². The van der Waals surface area contributed by atoms with Crippen molar-refractivity contribution in [1.29, 1.82) is 0 Å². The number of anilines is 1.